The van der Waals surface area contributed by atoms with Crippen LogP contribution in [0.5, 0.6) is 0 Å². The maximum atomic E-state index is 12.8. The monoisotopic (exact) mass is 466 g/mol. The van der Waals surface area contributed by atoms with Crippen molar-refractivity contribution in [1.29, 1.82) is 0 Å². The van der Waals surface area contributed by atoms with Crippen LogP contribution in [0.25, 0.3) is 17.0 Å². The number of carbonyl (C=O) groups excluding carboxylic acids is 2. The van der Waals surface area contributed by atoms with Gasteiger partial charge in [0, 0.05) is 48.1 Å². The molecule has 3 heterocycles. The van der Waals surface area contributed by atoms with E-state index in [2.05, 4.69) is 10.3 Å². The molecule has 4 aromatic rings. The molecule has 1 aliphatic heterocycles. The molecule has 0 unspecified atom stereocenters. The van der Waals surface area contributed by atoms with Crippen LogP contribution in [0.15, 0.2) is 77.4 Å². The van der Waals surface area contributed by atoms with Crippen LogP contribution in [-0.2, 0) is 22.7 Å². The van der Waals surface area contributed by atoms with Gasteiger partial charge in [-0.05, 0) is 42.8 Å². The van der Waals surface area contributed by atoms with E-state index in [1.165, 1.54) is 6.08 Å². The number of para-hydroxylation sites is 2. The Labute approximate surface area is 203 Å². The van der Waals surface area contributed by atoms with E-state index in [0.29, 0.717) is 18.9 Å². The number of fused-ring (bicyclic) bond motifs is 2. The van der Waals surface area contributed by atoms with Gasteiger partial charge in [-0.25, -0.2) is 4.98 Å². The molecule has 0 bridgehead atoms. The lowest BCUT2D eigenvalue weighted by Gasteiger charge is -2.21. The van der Waals surface area contributed by atoms with Crippen molar-refractivity contribution in [2.24, 2.45) is 0 Å². The third kappa shape index (κ3) is 4.80. The van der Waals surface area contributed by atoms with E-state index in [4.69, 9.17) is 4.42 Å². The van der Waals surface area contributed by atoms with Gasteiger partial charge in [0.1, 0.15) is 17.2 Å². The lowest BCUT2D eigenvalue weighted by atomic mass is 10.1. The molecular formula is C28H26N4O3. The summed E-state index contributed by atoms with van der Waals surface area (Å²) in [5, 5.41) is 3.94. The van der Waals surface area contributed by atoms with Crippen LogP contribution >= 0.6 is 0 Å². The van der Waals surface area contributed by atoms with Crippen LogP contribution in [0.2, 0.25) is 0 Å². The number of carbonyl (C=O) groups is 2. The van der Waals surface area contributed by atoms with E-state index in [9.17, 15) is 9.59 Å². The fourth-order valence-electron chi connectivity index (χ4n) is 4.24. The number of likely N-dealkylation sites (N-methyl/N-ethyl adjacent to an activating group) is 1. The van der Waals surface area contributed by atoms with Gasteiger partial charge < -0.3 is 19.5 Å². The number of aryl methyl sites for hydroxylation is 1. The Morgan fingerprint density at radius 3 is 2.71 bits per heavy atom. The van der Waals surface area contributed by atoms with Crippen molar-refractivity contribution in [3.63, 3.8) is 0 Å². The zero-order valence-corrected chi connectivity index (χ0v) is 19.7. The van der Waals surface area contributed by atoms with Crippen molar-refractivity contribution in [2.75, 3.05) is 23.8 Å². The van der Waals surface area contributed by atoms with Gasteiger partial charge in [0.25, 0.3) is 0 Å². The van der Waals surface area contributed by atoms with Gasteiger partial charge in [0.05, 0.1) is 13.1 Å². The number of nitrogens with one attached hydrogen (secondary N) is 1. The highest BCUT2D eigenvalue weighted by molar-refractivity contribution is 5.95. The van der Waals surface area contributed by atoms with Gasteiger partial charge in [-0.2, -0.15) is 0 Å². The summed E-state index contributed by atoms with van der Waals surface area (Å²) in [5.74, 6) is 1.08. The quantitative estimate of drug-likeness (QED) is 0.429. The van der Waals surface area contributed by atoms with E-state index >= 15 is 0 Å². The highest BCUT2D eigenvalue weighted by Crippen LogP contribution is 2.26. The lowest BCUT2D eigenvalue weighted by molar-refractivity contribution is -0.125. The number of hydrogen-bond acceptors (Lipinski definition) is 5. The summed E-state index contributed by atoms with van der Waals surface area (Å²) in [5.41, 5.74) is 4.51. The summed E-state index contributed by atoms with van der Waals surface area (Å²) < 4.78 is 5.94. The molecule has 35 heavy (non-hydrogen) atoms. The lowest BCUT2D eigenvalue weighted by Crippen LogP contribution is -2.29. The highest BCUT2D eigenvalue weighted by atomic mass is 16.3. The molecule has 2 aromatic carbocycles. The molecule has 1 N–H and O–H groups in total. The second-order valence-electron chi connectivity index (χ2n) is 8.69. The summed E-state index contributed by atoms with van der Waals surface area (Å²) in [6.45, 7) is 3.17. The molecule has 0 atom stereocenters. The summed E-state index contributed by atoms with van der Waals surface area (Å²) in [4.78, 5) is 33.2. The number of furan rings is 1. The molecule has 0 spiro atoms. The van der Waals surface area contributed by atoms with Gasteiger partial charge in [-0.1, -0.05) is 36.4 Å². The molecule has 0 saturated heterocycles. The summed E-state index contributed by atoms with van der Waals surface area (Å²) >= 11 is 0. The van der Waals surface area contributed by atoms with Gasteiger partial charge in [-0.3, -0.25) is 9.59 Å². The SMILES string of the molecule is Cc1c(CN(C)C(=O)/C=C/c2cnc3c(c2)CN(c2ccccc2)CC(=O)N3)oc2ccccc12. The van der Waals surface area contributed by atoms with Crippen molar-refractivity contribution in [2.45, 2.75) is 20.0 Å². The predicted octanol–water partition coefficient (Wildman–Crippen LogP) is 4.77. The Bertz CT molecular complexity index is 1420. The second kappa shape index (κ2) is 9.46. The van der Waals surface area contributed by atoms with Crippen LogP contribution < -0.4 is 10.2 Å². The number of aromatic nitrogens is 1. The van der Waals surface area contributed by atoms with Crippen molar-refractivity contribution < 1.29 is 14.0 Å². The largest absolute Gasteiger partial charge is 0.459 e. The predicted molar refractivity (Wildman–Crippen MR) is 137 cm³/mol. The molecule has 0 saturated carbocycles. The minimum atomic E-state index is -0.140. The van der Waals surface area contributed by atoms with E-state index in [-0.39, 0.29) is 18.4 Å². The average Bonchev–Trinajstić information content (AvgIpc) is 3.07. The number of nitrogens with zero attached hydrogens (tertiary/aromatic N) is 3. The van der Waals surface area contributed by atoms with Gasteiger partial charge in [-0.15, -0.1) is 0 Å². The summed E-state index contributed by atoms with van der Waals surface area (Å²) in [7, 11) is 1.75. The summed E-state index contributed by atoms with van der Waals surface area (Å²) in [6, 6.07) is 19.6. The first-order valence-electron chi connectivity index (χ1n) is 11.5. The normalized spacial score (nSPS) is 13.5. The minimum Gasteiger partial charge on any atom is -0.459 e. The zero-order chi connectivity index (χ0) is 24.4. The number of hydrogen-bond donors (Lipinski definition) is 1. The van der Waals surface area contributed by atoms with Crippen LogP contribution in [0.4, 0.5) is 11.5 Å². The Morgan fingerprint density at radius 2 is 1.91 bits per heavy atom. The first-order valence-corrected chi connectivity index (χ1v) is 11.5. The third-order valence-electron chi connectivity index (χ3n) is 6.18. The smallest absolute Gasteiger partial charge is 0.246 e. The Hall–Kier alpha value is -4.39. The van der Waals surface area contributed by atoms with Crippen LogP contribution in [-0.4, -0.2) is 35.3 Å². The summed E-state index contributed by atoms with van der Waals surface area (Å²) in [6.07, 6.45) is 4.94. The molecule has 7 heteroatoms. The Kier molecular flexibility index (Phi) is 6.06. The van der Waals surface area contributed by atoms with Gasteiger partial charge in [0.15, 0.2) is 0 Å². The minimum absolute atomic E-state index is 0.110. The topological polar surface area (TPSA) is 78.7 Å². The fraction of sp³-hybridized carbons (Fsp3) is 0.179. The number of amides is 2. The Morgan fingerprint density at radius 1 is 1.14 bits per heavy atom. The van der Waals surface area contributed by atoms with Crippen LogP contribution in [0.1, 0.15) is 22.5 Å². The molecule has 7 nitrogen and oxygen atoms in total. The molecule has 0 fully saturated rings. The molecular weight excluding hydrogens is 440 g/mol. The second-order valence-corrected chi connectivity index (χ2v) is 8.69. The van der Waals surface area contributed by atoms with Crippen molar-refractivity contribution in [1.82, 2.24) is 9.88 Å². The van der Waals surface area contributed by atoms with E-state index in [1.54, 1.807) is 24.2 Å². The molecule has 5 rings (SSSR count). The molecule has 0 radical (unpaired) electrons. The van der Waals surface area contributed by atoms with Crippen molar-refractivity contribution in [3.8, 4) is 0 Å². The molecule has 0 aliphatic carbocycles. The van der Waals surface area contributed by atoms with Gasteiger partial charge >= 0.3 is 0 Å². The molecule has 1 aliphatic rings. The molecule has 2 aromatic heterocycles. The van der Waals surface area contributed by atoms with Crippen molar-refractivity contribution in [3.05, 3.63) is 95.4 Å². The standard InChI is InChI=1S/C28H26N4O3/c1-19-23-10-6-7-11-24(23)35-25(19)17-31(2)27(34)13-12-20-14-21-16-32(22-8-4-3-5-9-22)18-26(33)30-28(21)29-15-20/h3-15H,16-18H2,1-2H3,(H,29,30,33)/b13-12+. The van der Waals surface area contributed by atoms with Crippen molar-refractivity contribution >= 4 is 40.4 Å². The van der Waals surface area contributed by atoms with Crippen LogP contribution in [0, 0.1) is 6.92 Å². The maximum absolute atomic E-state index is 12.8. The zero-order valence-electron chi connectivity index (χ0n) is 19.7. The molecule has 2 amide bonds. The van der Waals surface area contributed by atoms with Crippen LogP contribution in [0.3, 0.4) is 0 Å². The van der Waals surface area contributed by atoms with E-state index < -0.39 is 0 Å². The third-order valence-corrected chi connectivity index (χ3v) is 6.18. The number of benzene rings is 2. The number of rotatable bonds is 5. The van der Waals surface area contributed by atoms with E-state index in [0.717, 1.165) is 39.1 Å². The fourth-order valence-corrected chi connectivity index (χ4v) is 4.24. The van der Waals surface area contributed by atoms with E-state index in [1.807, 2.05) is 72.5 Å². The Balaban J connectivity index is 1.31. The first kappa shape index (κ1) is 22.4. The van der Waals surface area contributed by atoms with Gasteiger partial charge in [0.2, 0.25) is 11.8 Å². The first-order chi connectivity index (χ1) is 17.0. The maximum Gasteiger partial charge on any atom is 0.246 e. The number of pyridine rings is 1. The average molecular weight is 467 g/mol. The highest BCUT2D eigenvalue weighted by Gasteiger charge is 2.21. The molecule has 176 valence electrons. The number of anilines is 2.